The molecule has 0 aliphatic rings. The molecule has 2 rings (SSSR count). The maximum absolute atomic E-state index is 11.3. The van der Waals surface area contributed by atoms with Crippen LogP contribution in [0.2, 0.25) is 0 Å². The van der Waals surface area contributed by atoms with Gasteiger partial charge in [-0.1, -0.05) is 32.0 Å². The summed E-state index contributed by atoms with van der Waals surface area (Å²) in [5.41, 5.74) is 0.868. The number of nitrogens with zero attached hydrogens (tertiary/aromatic N) is 1. The van der Waals surface area contributed by atoms with Crippen LogP contribution in [0.3, 0.4) is 0 Å². The molecule has 19 heavy (non-hydrogen) atoms. The summed E-state index contributed by atoms with van der Waals surface area (Å²) in [6.45, 7) is 4.77. The second-order valence-electron chi connectivity index (χ2n) is 4.86. The number of hydrogen-bond donors (Lipinski definition) is 1. The van der Waals surface area contributed by atoms with Gasteiger partial charge in [-0.2, -0.15) is 0 Å². The average molecular weight is 259 g/mol. The molecule has 1 N–H and O–H groups in total. The molecule has 0 aliphatic carbocycles. The van der Waals surface area contributed by atoms with E-state index in [1.807, 2.05) is 6.07 Å². The van der Waals surface area contributed by atoms with Gasteiger partial charge in [0.25, 0.3) is 0 Å². The molecule has 2 aromatic rings. The van der Waals surface area contributed by atoms with Crippen molar-refractivity contribution in [3.63, 3.8) is 0 Å². The molecule has 0 unspecified atom stereocenters. The number of carboxylic acids is 1. The molecule has 1 aromatic heterocycles. The van der Waals surface area contributed by atoms with E-state index in [1.54, 1.807) is 18.2 Å². The van der Waals surface area contributed by atoms with Gasteiger partial charge in [-0.05, 0) is 18.4 Å². The fourth-order valence-electron chi connectivity index (χ4n) is 1.80. The molecular formula is C15H17NO3. The summed E-state index contributed by atoms with van der Waals surface area (Å²) in [4.78, 5) is 15.6. The van der Waals surface area contributed by atoms with Crippen LogP contribution in [-0.4, -0.2) is 22.7 Å². The average Bonchev–Trinajstić information content (AvgIpc) is 2.37. The number of aromatic carboxylic acids is 1. The number of fused-ring (bicyclic) bond motifs is 1. The zero-order chi connectivity index (χ0) is 13.8. The normalized spacial score (nSPS) is 10.9. The molecule has 4 heteroatoms. The molecule has 0 atom stereocenters. The van der Waals surface area contributed by atoms with E-state index in [-0.39, 0.29) is 5.56 Å². The first-order chi connectivity index (χ1) is 9.08. The zero-order valence-corrected chi connectivity index (χ0v) is 11.1. The minimum absolute atomic E-state index is 0.227. The van der Waals surface area contributed by atoms with Crippen molar-refractivity contribution in [2.75, 3.05) is 6.61 Å². The van der Waals surface area contributed by atoms with E-state index >= 15 is 0 Å². The number of hydrogen-bond acceptors (Lipinski definition) is 3. The summed E-state index contributed by atoms with van der Waals surface area (Å²) in [5.74, 6) is -0.0524. The third-order valence-corrected chi connectivity index (χ3v) is 2.87. The molecule has 1 aromatic carbocycles. The molecule has 1 heterocycles. The lowest BCUT2D eigenvalue weighted by Crippen LogP contribution is -2.05. The van der Waals surface area contributed by atoms with E-state index in [0.29, 0.717) is 29.3 Å². The van der Waals surface area contributed by atoms with Crippen molar-refractivity contribution < 1.29 is 14.6 Å². The lowest BCUT2D eigenvalue weighted by atomic mass is 10.1. The van der Waals surface area contributed by atoms with E-state index in [0.717, 1.165) is 6.42 Å². The highest BCUT2D eigenvalue weighted by molar-refractivity contribution is 6.02. The summed E-state index contributed by atoms with van der Waals surface area (Å²) in [6, 6.07) is 8.67. The van der Waals surface area contributed by atoms with Crippen LogP contribution in [0, 0.1) is 5.92 Å². The van der Waals surface area contributed by atoms with Crippen molar-refractivity contribution in [1.29, 1.82) is 0 Å². The van der Waals surface area contributed by atoms with Gasteiger partial charge < -0.3 is 9.84 Å². The SMILES string of the molecule is CC(C)CCOc1cc(C(=O)O)c2ccccc2n1. The Balaban J connectivity index is 2.33. The molecule has 0 saturated carbocycles. The van der Waals surface area contributed by atoms with Gasteiger partial charge in [0.05, 0.1) is 17.7 Å². The number of carboxylic acid groups (broad SMARTS) is 1. The summed E-state index contributed by atoms with van der Waals surface area (Å²) in [5, 5.41) is 9.87. The van der Waals surface area contributed by atoms with E-state index in [2.05, 4.69) is 18.8 Å². The first-order valence-electron chi connectivity index (χ1n) is 6.34. The Bertz CT molecular complexity index is 593. The van der Waals surface area contributed by atoms with E-state index in [4.69, 9.17) is 4.74 Å². The van der Waals surface area contributed by atoms with Gasteiger partial charge in [0.1, 0.15) is 0 Å². The number of pyridine rings is 1. The van der Waals surface area contributed by atoms with E-state index in [9.17, 15) is 9.90 Å². The van der Waals surface area contributed by atoms with E-state index < -0.39 is 5.97 Å². The molecule has 0 fully saturated rings. The summed E-state index contributed by atoms with van der Waals surface area (Å²) in [7, 11) is 0. The van der Waals surface area contributed by atoms with Gasteiger partial charge >= 0.3 is 5.97 Å². The van der Waals surface area contributed by atoms with Gasteiger partial charge in [-0.25, -0.2) is 9.78 Å². The van der Waals surface area contributed by atoms with Gasteiger partial charge in [-0.15, -0.1) is 0 Å². The smallest absolute Gasteiger partial charge is 0.336 e. The number of aromatic nitrogens is 1. The van der Waals surface area contributed by atoms with Crippen LogP contribution in [0.4, 0.5) is 0 Å². The van der Waals surface area contributed by atoms with Crippen LogP contribution in [0.1, 0.15) is 30.6 Å². The van der Waals surface area contributed by atoms with Crippen LogP contribution in [-0.2, 0) is 0 Å². The minimum Gasteiger partial charge on any atom is -0.478 e. The Kier molecular flexibility index (Phi) is 4.00. The number of carbonyl (C=O) groups is 1. The van der Waals surface area contributed by atoms with Crippen molar-refractivity contribution in [3.8, 4) is 5.88 Å². The minimum atomic E-state index is -0.965. The van der Waals surface area contributed by atoms with Gasteiger partial charge in [-0.3, -0.25) is 0 Å². The van der Waals surface area contributed by atoms with Gasteiger partial charge in [0.2, 0.25) is 5.88 Å². The quantitative estimate of drug-likeness (QED) is 0.894. The van der Waals surface area contributed by atoms with Crippen molar-refractivity contribution in [1.82, 2.24) is 4.98 Å². The second kappa shape index (κ2) is 5.69. The highest BCUT2D eigenvalue weighted by Crippen LogP contribution is 2.22. The molecule has 4 nitrogen and oxygen atoms in total. The number of ether oxygens (including phenoxy) is 1. The summed E-state index contributed by atoms with van der Waals surface area (Å²) in [6.07, 6.45) is 0.914. The molecule has 0 amide bonds. The highest BCUT2D eigenvalue weighted by atomic mass is 16.5. The Morgan fingerprint density at radius 3 is 2.79 bits per heavy atom. The molecule has 0 radical (unpaired) electrons. The molecule has 0 spiro atoms. The fraction of sp³-hybridized carbons (Fsp3) is 0.333. The molecule has 0 aliphatic heterocycles. The van der Waals surface area contributed by atoms with Gasteiger partial charge in [0.15, 0.2) is 0 Å². The van der Waals surface area contributed by atoms with Crippen LogP contribution in [0.5, 0.6) is 5.88 Å². The third kappa shape index (κ3) is 3.22. The second-order valence-corrected chi connectivity index (χ2v) is 4.86. The van der Waals surface area contributed by atoms with Crippen molar-refractivity contribution in [3.05, 3.63) is 35.9 Å². The van der Waals surface area contributed by atoms with E-state index in [1.165, 1.54) is 6.07 Å². The predicted octanol–water partition coefficient (Wildman–Crippen LogP) is 3.36. The summed E-state index contributed by atoms with van der Waals surface area (Å²) < 4.78 is 5.54. The Morgan fingerprint density at radius 1 is 1.37 bits per heavy atom. The van der Waals surface area contributed by atoms with Crippen LogP contribution in [0.25, 0.3) is 10.9 Å². The summed E-state index contributed by atoms with van der Waals surface area (Å²) >= 11 is 0. The largest absolute Gasteiger partial charge is 0.478 e. The molecule has 0 bridgehead atoms. The Hall–Kier alpha value is -2.10. The zero-order valence-electron chi connectivity index (χ0n) is 11.1. The monoisotopic (exact) mass is 259 g/mol. The van der Waals surface area contributed by atoms with Crippen LogP contribution in [0.15, 0.2) is 30.3 Å². The molecule has 100 valence electrons. The van der Waals surface area contributed by atoms with Crippen LogP contribution < -0.4 is 4.74 Å². The Morgan fingerprint density at radius 2 is 2.11 bits per heavy atom. The maximum atomic E-state index is 11.3. The van der Waals surface area contributed by atoms with Gasteiger partial charge in [0, 0.05) is 11.5 Å². The lowest BCUT2D eigenvalue weighted by molar-refractivity contribution is 0.0698. The number of benzene rings is 1. The highest BCUT2D eigenvalue weighted by Gasteiger charge is 2.12. The first-order valence-corrected chi connectivity index (χ1v) is 6.34. The standard InChI is InChI=1S/C15H17NO3/c1-10(2)7-8-19-14-9-12(15(17)18)11-5-3-4-6-13(11)16-14/h3-6,9-10H,7-8H2,1-2H3,(H,17,18). The lowest BCUT2D eigenvalue weighted by Gasteiger charge is -2.09. The first kappa shape index (κ1) is 13.3. The fourth-order valence-corrected chi connectivity index (χ4v) is 1.80. The van der Waals surface area contributed by atoms with Crippen LogP contribution >= 0.6 is 0 Å². The predicted molar refractivity (Wildman–Crippen MR) is 73.7 cm³/mol. The number of para-hydroxylation sites is 1. The van der Waals surface area contributed by atoms with Crippen molar-refractivity contribution in [2.24, 2.45) is 5.92 Å². The number of rotatable bonds is 5. The van der Waals surface area contributed by atoms with Crippen molar-refractivity contribution >= 4 is 16.9 Å². The molecular weight excluding hydrogens is 242 g/mol. The molecule has 0 saturated heterocycles. The topological polar surface area (TPSA) is 59.4 Å². The Labute approximate surface area is 112 Å². The third-order valence-electron chi connectivity index (χ3n) is 2.87. The maximum Gasteiger partial charge on any atom is 0.336 e. The van der Waals surface area contributed by atoms with Crippen molar-refractivity contribution in [2.45, 2.75) is 20.3 Å².